The second kappa shape index (κ2) is 5.61. The molecule has 80 valence electrons. The SMILES string of the molecule is N#Cc1ccc(NC(=O)CN=[N+]=[N-])cc1Cl. The van der Waals surface area contributed by atoms with E-state index in [1.807, 2.05) is 6.07 Å². The number of rotatable bonds is 3. The fraction of sp³-hybridized carbons (Fsp3) is 0.111. The molecular weight excluding hydrogens is 230 g/mol. The zero-order valence-corrected chi connectivity index (χ0v) is 8.77. The molecule has 1 aromatic rings. The first-order valence-corrected chi connectivity index (χ1v) is 4.55. The number of azide groups is 1. The summed E-state index contributed by atoms with van der Waals surface area (Å²) < 4.78 is 0. The third-order valence-electron chi connectivity index (χ3n) is 1.65. The first-order valence-electron chi connectivity index (χ1n) is 4.17. The highest BCUT2D eigenvalue weighted by molar-refractivity contribution is 6.32. The van der Waals surface area contributed by atoms with Crippen molar-refractivity contribution < 1.29 is 4.79 Å². The molecule has 0 bridgehead atoms. The molecule has 0 saturated carbocycles. The number of halogens is 1. The number of amides is 1. The summed E-state index contributed by atoms with van der Waals surface area (Å²) in [5.74, 6) is -0.446. The van der Waals surface area contributed by atoms with Crippen LogP contribution in [0.2, 0.25) is 5.02 Å². The summed E-state index contributed by atoms with van der Waals surface area (Å²) in [4.78, 5) is 13.6. The van der Waals surface area contributed by atoms with Crippen molar-refractivity contribution in [2.24, 2.45) is 5.11 Å². The first-order chi connectivity index (χ1) is 7.67. The number of carbonyl (C=O) groups excluding carboxylic acids is 1. The van der Waals surface area contributed by atoms with E-state index in [9.17, 15) is 4.79 Å². The molecule has 0 atom stereocenters. The van der Waals surface area contributed by atoms with Crippen LogP contribution in [0.25, 0.3) is 10.4 Å². The average molecular weight is 236 g/mol. The monoisotopic (exact) mass is 235 g/mol. The van der Waals surface area contributed by atoms with Crippen LogP contribution in [0.5, 0.6) is 0 Å². The van der Waals surface area contributed by atoms with Gasteiger partial charge in [0, 0.05) is 10.6 Å². The summed E-state index contributed by atoms with van der Waals surface area (Å²) in [6.07, 6.45) is 0. The summed E-state index contributed by atoms with van der Waals surface area (Å²) in [6, 6.07) is 6.38. The van der Waals surface area contributed by atoms with Crippen LogP contribution >= 0.6 is 11.6 Å². The minimum absolute atomic E-state index is 0.254. The highest BCUT2D eigenvalue weighted by Gasteiger charge is 2.03. The molecule has 1 N–H and O–H groups in total. The maximum absolute atomic E-state index is 11.2. The van der Waals surface area contributed by atoms with Crippen molar-refractivity contribution >= 4 is 23.2 Å². The molecule has 0 fully saturated rings. The third-order valence-corrected chi connectivity index (χ3v) is 1.96. The van der Waals surface area contributed by atoms with Crippen LogP contribution in [-0.4, -0.2) is 12.5 Å². The molecule has 0 unspecified atom stereocenters. The molecule has 0 radical (unpaired) electrons. The lowest BCUT2D eigenvalue weighted by Crippen LogP contribution is -2.14. The van der Waals surface area contributed by atoms with Crippen molar-refractivity contribution in [3.63, 3.8) is 0 Å². The van der Waals surface area contributed by atoms with Gasteiger partial charge in [0.2, 0.25) is 5.91 Å². The largest absolute Gasteiger partial charge is 0.326 e. The van der Waals surface area contributed by atoms with E-state index in [4.69, 9.17) is 22.4 Å². The Morgan fingerprint density at radius 3 is 3.00 bits per heavy atom. The van der Waals surface area contributed by atoms with Crippen LogP contribution in [0.1, 0.15) is 5.56 Å². The van der Waals surface area contributed by atoms with Gasteiger partial charge in [0.25, 0.3) is 0 Å². The van der Waals surface area contributed by atoms with E-state index in [2.05, 4.69) is 15.3 Å². The molecule has 0 aromatic heterocycles. The van der Waals surface area contributed by atoms with E-state index in [0.29, 0.717) is 11.3 Å². The smallest absolute Gasteiger partial charge is 0.230 e. The van der Waals surface area contributed by atoms with E-state index in [1.54, 1.807) is 6.07 Å². The highest BCUT2D eigenvalue weighted by Crippen LogP contribution is 2.19. The van der Waals surface area contributed by atoms with Crippen molar-refractivity contribution in [2.75, 3.05) is 11.9 Å². The summed E-state index contributed by atoms with van der Waals surface area (Å²) in [5.41, 5.74) is 8.79. The lowest BCUT2D eigenvalue weighted by molar-refractivity contribution is -0.114. The Hall–Kier alpha value is -2.22. The molecule has 1 rings (SSSR count). The summed E-state index contributed by atoms with van der Waals surface area (Å²) in [6.45, 7) is -0.284. The normalized spacial score (nSPS) is 8.75. The Bertz CT molecular complexity index is 501. The lowest BCUT2D eigenvalue weighted by Gasteiger charge is -2.03. The quantitative estimate of drug-likeness (QED) is 0.494. The van der Waals surface area contributed by atoms with Gasteiger partial charge >= 0.3 is 0 Å². The van der Waals surface area contributed by atoms with E-state index >= 15 is 0 Å². The van der Waals surface area contributed by atoms with E-state index in [1.165, 1.54) is 12.1 Å². The predicted molar refractivity (Wildman–Crippen MR) is 58.8 cm³/mol. The number of nitriles is 1. The minimum Gasteiger partial charge on any atom is -0.326 e. The molecule has 0 heterocycles. The van der Waals surface area contributed by atoms with Crippen LogP contribution in [0.3, 0.4) is 0 Å². The molecule has 7 heteroatoms. The Morgan fingerprint density at radius 2 is 2.44 bits per heavy atom. The average Bonchev–Trinajstić information content (AvgIpc) is 2.26. The molecule has 16 heavy (non-hydrogen) atoms. The Morgan fingerprint density at radius 1 is 1.69 bits per heavy atom. The second-order valence-corrected chi connectivity index (χ2v) is 3.15. The topological polar surface area (TPSA) is 102 Å². The van der Waals surface area contributed by atoms with Gasteiger partial charge in [-0.15, -0.1) is 0 Å². The number of anilines is 1. The van der Waals surface area contributed by atoms with Crippen molar-refractivity contribution in [3.8, 4) is 6.07 Å². The molecule has 0 spiro atoms. The first kappa shape index (κ1) is 11.9. The van der Waals surface area contributed by atoms with Gasteiger partial charge in [-0.3, -0.25) is 4.79 Å². The van der Waals surface area contributed by atoms with Crippen LogP contribution in [-0.2, 0) is 4.79 Å². The summed E-state index contributed by atoms with van der Waals surface area (Å²) in [5, 5.41) is 14.5. The van der Waals surface area contributed by atoms with Gasteiger partial charge in [-0.05, 0) is 23.7 Å². The van der Waals surface area contributed by atoms with Crippen molar-refractivity contribution in [1.82, 2.24) is 0 Å². The second-order valence-electron chi connectivity index (χ2n) is 2.74. The van der Waals surface area contributed by atoms with Gasteiger partial charge < -0.3 is 5.32 Å². The van der Waals surface area contributed by atoms with Gasteiger partial charge in [-0.2, -0.15) is 5.26 Å². The van der Waals surface area contributed by atoms with Gasteiger partial charge in [-0.25, -0.2) is 0 Å². The van der Waals surface area contributed by atoms with E-state index < -0.39 is 5.91 Å². The Balaban J connectivity index is 2.76. The molecule has 6 nitrogen and oxygen atoms in total. The van der Waals surface area contributed by atoms with Gasteiger partial charge in [0.05, 0.1) is 10.6 Å². The molecule has 1 amide bonds. The maximum atomic E-state index is 11.2. The number of nitrogens with zero attached hydrogens (tertiary/aromatic N) is 4. The molecule has 0 saturated heterocycles. The fourth-order valence-corrected chi connectivity index (χ4v) is 1.20. The number of carbonyl (C=O) groups is 1. The molecular formula is C9H6ClN5O. The fourth-order valence-electron chi connectivity index (χ4n) is 0.980. The Labute approximate surface area is 96.1 Å². The molecule has 0 aliphatic heterocycles. The number of hydrogen-bond donors (Lipinski definition) is 1. The summed E-state index contributed by atoms with van der Waals surface area (Å²) >= 11 is 5.76. The minimum atomic E-state index is -0.446. The maximum Gasteiger partial charge on any atom is 0.230 e. The van der Waals surface area contributed by atoms with Gasteiger partial charge in [-0.1, -0.05) is 16.7 Å². The zero-order chi connectivity index (χ0) is 12.0. The zero-order valence-electron chi connectivity index (χ0n) is 8.01. The van der Waals surface area contributed by atoms with Crippen molar-refractivity contribution in [2.45, 2.75) is 0 Å². The van der Waals surface area contributed by atoms with Crippen LogP contribution in [0.4, 0.5) is 5.69 Å². The molecule has 1 aromatic carbocycles. The molecule has 0 aliphatic rings. The van der Waals surface area contributed by atoms with E-state index in [0.717, 1.165) is 0 Å². The number of benzene rings is 1. The predicted octanol–water partition coefficient (Wildman–Crippen LogP) is 2.46. The van der Waals surface area contributed by atoms with Crippen molar-refractivity contribution in [1.29, 1.82) is 5.26 Å². The lowest BCUT2D eigenvalue weighted by atomic mass is 10.2. The van der Waals surface area contributed by atoms with Crippen LogP contribution in [0, 0.1) is 11.3 Å². The summed E-state index contributed by atoms with van der Waals surface area (Å²) in [7, 11) is 0. The standard InChI is InChI=1S/C9H6ClN5O/c10-8-3-7(2-1-6(8)4-11)14-9(16)5-13-15-12/h1-3H,5H2,(H,14,16). The van der Waals surface area contributed by atoms with Crippen LogP contribution < -0.4 is 5.32 Å². The molecule has 0 aliphatic carbocycles. The van der Waals surface area contributed by atoms with Gasteiger partial charge in [0.15, 0.2) is 0 Å². The van der Waals surface area contributed by atoms with Crippen LogP contribution in [0.15, 0.2) is 23.3 Å². The highest BCUT2D eigenvalue weighted by atomic mass is 35.5. The third kappa shape index (κ3) is 3.17. The number of nitrogens with one attached hydrogen (secondary N) is 1. The van der Waals surface area contributed by atoms with Gasteiger partial charge in [0.1, 0.15) is 12.6 Å². The van der Waals surface area contributed by atoms with E-state index in [-0.39, 0.29) is 11.6 Å². The Kier molecular flexibility index (Phi) is 4.16. The van der Waals surface area contributed by atoms with Crippen molar-refractivity contribution in [3.05, 3.63) is 39.2 Å². The number of hydrogen-bond acceptors (Lipinski definition) is 3.